The lowest BCUT2D eigenvalue weighted by Gasteiger charge is -2.18. The zero-order valence-electron chi connectivity index (χ0n) is 16.5. The van der Waals surface area contributed by atoms with E-state index in [4.69, 9.17) is 0 Å². The second-order valence-electron chi connectivity index (χ2n) is 7.71. The molecule has 3 rings (SSSR count). The molecule has 0 atom stereocenters. The number of sulfonamides is 1. The van der Waals surface area contributed by atoms with Gasteiger partial charge in [0, 0.05) is 34.7 Å². The van der Waals surface area contributed by atoms with Crippen molar-refractivity contribution in [3.8, 4) is 0 Å². The van der Waals surface area contributed by atoms with Gasteiger partial charge < -0.3 is 9.88 Å². The van der Waals surface area contributed by atoms with Crippen molar-refractivity contribution in [1.82, 2.24) is 4.57 Å². The average molecular weight is 400 g/mol. The van der Waals surface area contributed by atoms with Gasteiger partial charge in [-0.3, -0.25) is 9.52 Å². The highest BCUT2D eigenvalue weighted by atomic mass is 32.2. The van der Waals surface area contributed by atoms with Gasteiger partial charge in [-0.15, -0.1) is 0 Å². The first kappa shape index (κ1) is 19.9. The number of nitrogens with zero attached hydrogens (tertiary/aromatic N) is 1. The number of aryl methyl sites for hydroxylation is 1. The molecule has 28 heavy (non-hydrogen) atoms. The van der Waals surface area contributed by atoms with E-state index in [0.717, 1.165) is 17.4 Å². The molecular weight excluding hydrogens is 374 g/mol. The van der Waals surface area contributed by atoms with Crippen molar-refractivity contribution in [3.05, 3.63) is 54.7 Å². The molecule has 0 saturated carbocycles. The Hall–Kier alpha value is -2.80. The number of nitrogens with one attached hydrogen (secondary N) is 2. The molecule has 0 fully saturated rings. The first-order valence-electron chi connectivity index (χ1n) is 9.13. The van der Waals surface area contributed by atoms with Crippen LogP contribution in [0.5, 0.6) is 0 Å². The number of amides is 1. The van der Waals surface area contributed by atoms with Crippen molar-refractivity contribution >= 4 is 38.2 Å². The average Bonchev–Trinajstić information content (AvgIpc) is 3.03. The Morgan fingerprint density at radius 1 is 1.04 bits per heavy atom. The predicted octanol–water partition coefficient (Wildman–Crippen LogP) is 4.45. The SMILES string of the molecule is CCn1ccc2cc(S(=O)(=O)Nc3cccc(NC(=O)C(C)(C)C)c3)ccc21. The first-order valence-corrected chi connectivity index (χ1v) is 10.6. The number of hydrogen-bond donors (Lipinski definition) is 2. The number of anilines is 2. The number of carbonyl (C=O) groups is 1. The minimum Gasteiger partial charge on any atom is -0.348 e. The quantitative estimate of drug-likeness (QED) is 0.665. The van der Waals surface area contributed by atoms with Crippen LogP contribution in [0.2, 0.25) is 0 Å². The van der Waals surface area contributed by atoms with E-state index in [-0.39, 0.29) is 10.8 Å². The summed E-state index contributed by atoms with van der Waals surface area (Å²) in [6.07, 6.45) is 1.94. The maximum atomic E-state index is 12.8. The van der Waals surface area contributed by atoms with Crippen LogP contribution < -0.4 is 10.0 Å². The normalized spacial score (nSPS) is 12.1. The molecule has 6 nitrogen and oxygen atoms in total. The van der Waals surface area contributed by atoms with Crippen LogP contribution in [0.15, 0.2) is 59.6 Å². The summed E-state index contributed by atoms with van der Waals surface area (Å²) in [5.41, 5.74) is 1.38. The van der Waals surface area contributed by atoms with Crippen molar-refractivity contribution in [2.75, 3.05) is 10.0 Å². The molecule has 0 radical (unpaired) electrons. The Labute approximate surface area is 165 Å². The van der Waals surface area contributed by atoms with Crippen molar-refractivity contribution in [2.45, 2.75) is 39.1 Å². The molecule has 148 valence electrons. The van der Waals surface area contributed by atoms with Crippen LogP contribution in [0.4, 0.5) is 11.4 Å². The molecule has 2 aromatic carbocycles. The molecule has 0 aliphatic carbocycles. The molecular formula is C21H25N3O3S. The third-order valence-corrected chi connectivity index (χ3v) is 5.83. The number of hydrogen-bond acceptors (Lipinski definition) is 3. The standard InChI is InChI=1S/C21H25N3O3S/c1-5-24-12-11-15-13-18(9-10-19(15)24)28(26,27)23-17-8-6-7-16(14-17)22-20(25)21(2,3)4/h6-14,23H,5H2,1-4H3,(H,22,25). The molecule has 0 saturated heterocycles. The molecule has 0 aliphatic rings. The summed E-state index contributed by atoms with van der Waals surface area (Å²) in [5, 5.41) is 3.68. The lowest BCUT2D eigenvalue weighted by atomic mass is 9.95. The first-order chi connectivity index (χ1) is 13.1. The minimum atomic E-state index is -3.75. The molecule has 0 aliphatic heterocycles. The highest BCUT2D eigenvalue weighted by Crippen LogP contribution is 2.24. The van der Waals surface area contributed by atoms with Gasteiger partial charge >= 0.3 is 0 Å². The van der Waals surface area contributed by atoms with E-state index in [2.05, 4.69) is 14.6 Å². The van der Waals surface area contributed by atoms with Crippen molar-refractivity contribution < 1.29 is 13.2 Å². The molecule has 7 heteroatoms. The summed E-state index contributed by atoms with van der Waals surface area (Å²) >= 11 is 0. The molecule has 0 spiro atoms. The van der Waals surface area contributed by atoms with Gasteiger partial charge in [0.05, 0.1) is 10.6 Å². The Morgan fingerprint density at radius 3 is 2.43 bits per heavy atom. The Bertz CT molecular complexity index is 1130. The van der Waals surface area contributed by atoms with Crippen LogP contribution in [0.1, 0.15) is 27.7 Å². The van der Waals surface area contributed by atoms with E-state index in [1.54, 1.807) is 36.4 Å². The zero-order valence-corrected chi connectivity index (χ0v) is 17.3. The molecule has 0 bridgehead atoms. The Morgan fingerprint density at radius 2 is 1.75 bits per heavy atom. The molecule has 1 amide bonds. The van der Waals surface area contributed by atoms with E-state index >= 15 is 0 Å². The molecule has 2 N–H and O–H groups in total. The summed E-state index contributed by atoms with van der Waals surface area (Å²) in [5.74, 6) is -0.140. The van der Waals surface area contributed by atoms with E-state index < -0.39 is 15.4 Å². The topological polar surface area (TPSA) is 80.2 Å². The van der Waals surface area contributed by atoms with Crippen molar-refractivity contribution in [1.29, 1.82) is 0 Å². The number of fused-ring (bicyclic) bond motifs is 1. The lowest BCUT2D eigenvalue weighted by Crippen LogP contribution is -2.27. The fourth-order valence-electron chi connectivity index (χ4n) is 2.81. The molecule has 3 aromatic rings. The molecule has 0 unspecified atom stereocenters. The van der Waals surface area contributed by atoms with E-state index in [1.165, 1.54) is 0 Å². The lowest BCUT2D eigenvalue weighted by molar-refractivity contribution is -0.123. The highest BCUT2D eigenvalue weighted by Gasteiger charge is 2.21. The maximum Gasteiger partial charge on any atom is 0.261 e. The van der Waals surface area contributed by atoms with Gasteiger partial charge in [0.15, 0.2) is 0 Å². The van der Waals surface area contributed by atoms with E-state index in [9.17, 15) is 13.2 Å². The molecule has 1 heterocycles. The van der Waals surface area contributed by atoms with Crippen LogP contribution in [-0.2, 0) is 21.4 Å². The van der Waals surface area contributed by atoms with Gasteiger partial charge in [0.2, 0.25) is 5.91 Å². The monoisotopic (exact) mass is 399 g/mol. The summed E-state index contributed by atoms with van der Waals surface area (Å²) in [7, 11) is -3.75. The number of carbonyl (C=O) groups excluding carboxylic acids is 1. The number of aromatic nitrogens is 1. The molecule has 1 aromatic heterocycles. The second-order valence-corrected chi connectivity index (χ2v) is 9.40. The van der Waals surface area contributed by atoms with Crippen LogP contribution in [0.25, 0.3) is 10.9 Å². The fraction of sp³-hybridized carbons (Fsp3) is 0.286. The van der Waals surface area contributed by atoms with Crippen LogP contribution in [0.3, 0.4) is 0 Å². The smallest absolute Gasteiger partial charge is 0.261 e. The van der Waals surface area contributed by atoms with Gasteiger partial charge in [-0.25, -0.2) is 8.42 Å². The third kappa shape index (κ3) is 4.20. The Balaban J connectivity index is 1.84. The van der Waals surface area contributed by atoms with Gasteiger partial charge in [-0.2, -0.15) is 0 Å². The van der Waals surface area contributed by atoms with Gasteiger partial charge in [0.1, 0.15) is 0 Å². The summed E-state index contributed by atoms with van der Waals surface area (Å²) in [4.78, 5) is 12.3. The third-order valence-electron chi connectivity index (χ3n) is 4.45. The maximum absolute atomic E-state index is 12.8. The second kappa shape index (κ2) is 7.31. The van der Waals surface area contributed by atoms with Gasteiger partial charge in [-0.05, 0) is 49.4 Å². The van der Waals surface area contributed by atoms with E-state index in [0.29, 0.717) is 11.4 Å². The summed E-state index contributed by atoms with van der Waals surface area (Å²) in [6.45, 7) is 8.31. The van der Waals surface area contributed by atoms with Crippen LogP contribution >= 0.6 is 0 Å². The summed E-state index contributed by atoms with van der Waals surface area (Å²) in [6, 6.07) is 13.6. The fourth-order valence-corrected chi connectivity index (χ4v) is 3.90. The van der Waals surface area contributed by atoms with Gasteiger partial charge in [0.25, 0.3) is 10.0 Å². The predicted molar refractivity (Wildman–Crippen MR) is 113 cm³/mol. The Kier molecular flexibility index (Phi) is 5.21. The summed E-state index contributed by atoms with van der Waals surface area (Å²) < 4.78 is 30.3. The number of benzene rings is 2. The van der Waals surface area contributed by atoms with Crippen molar-refractivity contribution in [2.24, 2.45) is 5.41 Å². The van der Waals surface area contributed by atoms with Crippen molar-refractivity contribution in [3.63, 3.8) is 0 Å². The van der Waals surface area contributed by atoms with Crippen LogP contribution in [0, 0.1) is 5.41 Å². The van der Waals surface area contributed by atoms with Gasteiger partial charge in [-0.1, -0.05) is 26.8 Å². The number of rotatable bonds is 5. The highest BCUT2D eigenvalue weighted by molar-refractivity contribution is 7.92. The zero-order chi connectivity index (χ0) is 20.5. The largest absolute Gasteiger partial charge is 0.348 e. The van der Waals surface area contributed by atoms with Crippen LogP contribution in [-0.4, -0.2) is 18.9 Å². The van der Waals surface area contributed by atoms with E-state index in [1.807, 2.05) is 46.0 Å². The minimum absolute atomic E-state index is 0.140.